The van der Waals surface area contributed by atoms with Gasteiger partial charge in [-0.25, -0.2) is 0 Å². The lowest BCUT2D eigenvalue weighted by Gasteiger charge is -2.16. The molecule has 1 aliphatic heterocycles. The molecule has 0 saturated carbocycles. The molecule has 2 aromatic carbocycles. The van der Waals surface area contributed by atoms with Gasteiger partial charge in [-0.15, -0.1) is 0 Å². The fourth-order valence-corrected chi connectivity index (χ4v) is 2.76. The van der Waals surface area contributed by atoms with Crippen molar-refractivity contribution < 1.29 is 24.5 Å². The second-order valence-corrected chi connectivity index (χ2v) is 5.53. The summed E-state index contributed by atoms with van der Waals surface area (Å²) in [5.74, 6) is -2.30. The number of carboxylic acid groups (broad SMARTS) is 1. The number of hydrogen-bond acceptors (Lipinski definition) is 4. The van der Waals surface area contributed by atoms with E-state index in [0.29, 0.717) is 24.3 Å². The van der Waals surface area contributed by atoms with Gasteiger partial charge in [0, 0.05) is 17.5 Å². The molecule has 3 rings (SSSR count). The Hall–Kier alpha value is -2.82. The maximum atomic E-state index is 12.8. The average molecular weight is 312 g/mol. The van der Waals surface area contributed by atoms with Crippen molar-refractivity contribution in [2.45, 2.75) is 19.3 Å². The number of phenolic OH excluding ortho intramolecular Hbond substituents is 1. The largest absolute Gasteiger partial charge is 0.507 e. The quantitative estimate of drug-likeness (QED) is 0.848. The molecule has 0 aliphatic carbocycles. The SMILES string of the molecule is CC(C(=O)O)c1cc2c(c(C(=O)c3ccccc3)c1O)OCC2. The highest BCUT2D eigenvalue weighted by Gasteiger charge is 2.30. The Labute approximate surface area is 133 Å². The van der Waals surface area contributed by atoms with E-state index in [0.717, 1.165) is 5.56 Å². The van der Waals surface area contributed by atoms with E-state index < -0.39 is 11.9 Å². The van der Waals surface area contributed by atoms with Crippen LogP contribution in [0.3, 0.4) is 0 Å². The van der Waals surface area contributed by atoms with Gasteiger partial charge in [0.1, 0.15) is 17.1 Å². The third-order valence-corrected chi connectivity index (χ3v) is 4.08. The number of fused-ring (bicyclic) bond motifs is 1. The third kappa shape index (κ3) is 2.54. The van der Waals surface area contributed by atoms with E-state index in [1.807, 2.05) is 0 Å². The molecule has 1 heterocycles. The number of carbonyl (C=O) groups is 2. The first kappa shape index (κ1) is 15.1. The summed E-state index contributed by atoms with van der Waals surface area (Å²) < 4.78 is 5.52. The number of aromatic hydroxyl groups is 1. The maximum Gasteiger partial charge on any atom is 0.310 e. The lowest BCUT2D eigenvalue weighted by molar-refractivity contribution is -0.138. The summed E-state index contributed by atoms with van der Waals surface area (Å²) in [5.41, 5.74) is 1.46. The summed E-state index contributed by atoms with van der Waals surface area (Å²) in [7, 11) is 0. The van der Waals surface area contributed by atoms with Crippen molar-refractivity contribution in [3.05, 3.63) is 58.7 Å². The first-order chi connectivity index (χ1) is 11.0. The number of carbonyl (C=O) groups excluding carboxylic acids is 1. The van der Waals surface area contributed by atoms with Crippen LogP contribution in [0.1, 0.15) is 39.9 Å². The van der Waals surface area contributed by atoms with Crippen LogP contribution < -0.4 is 4.74 Å². The van der Waals surface area contributed by atoms with Gasteiger partial charge in [0.25, 0.3) is 0 Å². The Balaban J connectivity index is 2.20. The van der Waals surface area contributed by atoms with Gasteiger partial charge in [0.05, 0.1) is 12.5 Å². The van der Waals surface area contributed by atoms with Crippen molar-refractivity contribution in [2.24, 2.45) is 0 Å². The number of ether oxygens (including phenoxy) is 1. The van der Waals surface area contributed by atoms with Gasteiger partial charge in [-0.3, -0.25) is 9.59 Å². The number of phenols is 1. The number of rotatable bonds is 4. The van der Waals surface area contributed by atoms with Crippen LogP contribution in [0.2, 0.25) is 0 Å². The van der Waals surface area contributed by atoms with Crippen molar-refractivity contribution >= 4 is 11.8 Å². The Morgan fingerprint density at radius 3 is 2.57 bits per heavy atom. The number of ketones is 1. The molecule has 2 N–H and O–H groups in total. The summed E-state index contributed by atoms with van der Waals surface area (Å²) in [4.78, 5) is 24.1. The normalized spacial score (nSPS) is 14.0. The van der Waals surface area contributed by atoms with Crippen LogP contribution in [-0.4, -0.2) is 28.6 Å². The molecular weight excluding hydrogens is 296 g/mol. The molecule has 5 nitrogen and oxygen atoms in total. The second kappa shape index (κ2) is 5.76. The molecular formula is C18H16O5. The van der Waals surface area contributed by atoms with Gasteiger partial charge in [-0.1, -0.05) is 30.3 Å². The Bertz CT molecular complexity index is 780. The highest BCUT2D eigenvalue weighted by Crippen LogP contribution is 2.42. The molecule has 118 valence electrons. The van der Waals surface area contributed by atoms with E-state index in [-0.39, 0.29) is 22.7 Å². The summed E-state index contributed by atoms with van der Waals surface area (Å²) in [5, 5.41) is 19.8. The summed E-state index contributed by atoms with van der Waals surface area (Å²) >= 11 is 0. The van der Waals surface area contributed by atoms with E-state index in [2.05, 4.69) is 0 Å². The summed E-state index contributed by atoms with van der Waals surface area (Å²) in [6.07, 6.45) is 0.587. The molecule has 0 fully saturated rings. The molecule has 0 saturated heterocycles. The summed E-state index contributed by atoms with van der Waals surface area (Å²) in [6.45, 7) is 1.89. The van der Waals surface area contributed by atoms with Crippen LogP contribution >= 0.6 is 0 Å². The molecule has 0 spiro atoms. The van der Waals surface area contributed by atoms with Gasteiger partial charge in [-0.2, -0.15) is 0 Å². The first-order valence-electron chi connectivity index (χ1n) is 7.34. The van der Waals surface area contributed by atoms with Crippen molar-refractivity contribution in [3.63, 3.8) is 0 Å². The van der Waals surface area contributed by atoms with E-state index in [1.54, 1.807) is 36.4 Å². The monoisotopic (exact) mass is 312 g/mol. The van der Waals surface area contributed by atoms with Crippen molar-refractivity contribution in [1.82, 2.24) is 0 Å². The van der Waals surface area contributed by atoms with Gasteiger partial charge in [0.15, 0.2) is 0 Å². The second-order valence-electron chi connectivity index (χ2n) is 5.53. The van der Waals surface area contributed by atoms with E-state index in [9.17, 15) is 19.8 Å². The fraction of sp³-hybridized carbons (Fsp3) is 0.222. The highest BCUT2D eigenvalue weighted by atomic mass is 16.5. The zero-order valence-corrected chi connectivity index (χ0v) is 12.6. The molecule has 0 aromatic heterocycles. The van der Waals surface area contributed by atoms with Gasteiger partial charge < -0.3 is 14.9 Å². The van der Waals surface area contributed by atoms with Crippen LogP contribution in [0, 0.1) is 0 Å². The minimum Gasteiger partial charge on any atom is -0.507 e. The Kier molecular flexibility index (Phi) is 3.78. The summed E-state index contributed by atoms with van der Waals surface area (Å²) in [6, 6.07) is 10.2. The highest BCUT2D eigenvalue weighted by molar-refractivity contribution is 6.13. The molecule has 23 heavy (non-hydrogen) atoms. The molecule has 1 atom stereocenters. The van der Waals surface area contributed by atoms with Crippen molar-refractivity contribution in [3.8, 4) is 11.5 Å². The van der Waals surface area contributed by atoms with E-state index >= 15 is 0 Å². The van der Waals surface area contributed by atoms with E-state index in [1.165, 1.54) is 6.92 Å². The maximum absolute atomic E-state index is 12.8. The van der Waals surface area contributed by atoms with E-state index in [4.69, 9.17) is 4.74 Å². The van der Waals surface area contributed by atoms with Crippen LogP contribution in [0.4, 0.5) is 0 Å². The lowest BCUT2D eigenvalue weighted by Crippen LogP contribution is -2.11. The minimum absolute atomic E-state index is 0.0503. The predicted octanol–water partition coefficient (Wildman–Crippen LogP) is 2.75. The van der Waals surface area contributed by atoms with Crippen LogP contribution in [0.25, 0.3) is 0 Å². The van der Waals surface area contributed by atoms with Crippen LogP contribution in [-0.2, 0) is 11.2 Å². The zero-order chi connectivity index (χ0) is 16.6. The zero-order valence-electron chi connectivity index (χ0n) is 12.6. The van der Waals surface area contributed by atoms with Gasteiger partial charge >= 0.3 is 5.97 Å². The Morgan fingerprint density at radius 2 is 1.91 bits per heavy atom. The molecule has 5 heteroatoms. The Morgan fingerprint density at radius 1 is 1.22 bits per heavy atom. The van der Waals surface area contributed by atoms with Gasteiger partial charge in [-0.05, 0) is 18.6 Å². The minimum atomic E-state index is -1.06. The molecule has 1 aliphatic rings. The number of carboxylic acids is 1. The average Bonchev–Trinajstić information content (AvgIpc) is 3.01. The third-order valence-electron chi connectivity index (χ3n) is 4.08. The molecule has 0 bridgehead atoms. The fourth-order valence-electron chi connectivity index (χ4n) is 2.76. The standard InChI is InChI=1S/C18H16O5/c1-10(18(21)22)13-9-12-7-8-23-17(12)14(16(13)20)15(19)11-5-3-2-4-6-11/h2-6,9-10,20H,7-8H2,1H3,(H,21,22). The van der Waals surface area contributed by atoms with Crippen LogP contribution in [0.15, 0.2) is 36.4 Å². The number of benzene rings is 2. The topological polar surface area (TPSA) is 83.8 Å². The number of hydrogen-bond donors (Lipinski definition) is 2. The molecule has 0 amide bonds. The number of aliphatic carboxylic acids is 1. The first-order valence-corrected chi connectivity index (χ1v) is 7.34. The molecule has 1 unspecified atom stereocenters. The van der Waals surface area contributed by atoms with Crippen LogP contribution in [0.5, 0.6) is 11.5 Å². The van der Waals surface area contributed by atoms with Gasteiger partial charge in [0.2, 0.25) is 5.78 Å². The molecule has 0 radical (unpaired) electrons. The predicted molar refractivity (Wildman–Crippen MR) is 83.2 cm³/mol. The van der Waals surface area contributed by atoms with Crippen molar-refractivity contribution in [2.75, 3.05) is 6.61 Å². The molecule has 2 aromatic rings. The van der Waals surface area contributed by atoms with Crippen molar-refractivity contribution in [1.29, 1.82) is 0 Å². The smallest absolute Gasteiger partial charge is 0.310 e. The lowest BCUT2D eigenvalue weighted by atomic mass is 9.90.